The van der Waals surface area contributed by atoms with Crippen molar-refractivity contribution in [1.82, 2.24) is 4.90 Å². The summed E-state index contributed by atoms with van der Waals surface area (Å²) in [4.78, 5) is 14.2. The standard InChI is InChI=1S/C15H21ClN2O2/c1-2-8-18(10-12-7-9-20-11-12)15(19)17-14-5-3-13(16)4-6-14/h3-6,12H,2,7-11H2,1H3,(H,17,19). The van der Waals surface area contributed by atoms with Gasteiger partial charge in [0.05, 0.1) is 6.61 Å². The highest BCUT2D eigenvalue weighted by molar-refractivity contribution is 6.30. The fourth-order valence-electron chi connectivity index (χ4n) is 2.32. The van der Waals surface area contributed by atoms with Gasteiger partial charge < -0.3 is 15.0 Å². The van der Waals surface area contributed by atoms with Gasteiger partial charge in [-0.15, -0.1) is 0 Å². The van der Waals surface area contributed by atoms with Gasteiger partial charge in [0.1, 0.15) is 0 Å². The maximum Gasteiger partial charge on any atom is 0.321 e. The Labute approximate surface area is 125 Å². The molecule has 0 spiro atoms. The van der Waals surface area contributed by atoms with E-state index in [2.05, 4.69) is 12.2 Å². The molecule has 20 heavy (non-hydrogen) atoms. The number of nitrogens with one attached hydrogen (secondary N) is 1. The van der Waals surface area contributed by atoms with Crippen molar-refractivity contribution < 1.29 is 9.53 Å². The van der Waals surface area contributed by atoms with Crippen LogP contribution in [0.4, 0.5) is 10.5 Å². The molecular formula is C15H21ClN2O2. The molecule has 1 aliphatic rings. The first kappa shape index (κ1) is 15.1. The van der Waals surface area contributed by atoms with Crippen LogP contribution in [0.15, 0.2) is 24.3 Å². The number of hydrogen-bond acceptors (Lipinski definition) is 2. The molecule has 0 bridgehead atoms. The minimum Gasteiger partial charge on any atom is -0.381 e. The lowest BCUT2D eigenvalue weighted by Gasteiger charge is -2.25. The number of nitrogens with zero attached hydrogens (tertiary/aromatic N) is 1. The zero-order valence-corrected chi connectivity index (χ0v) is 12.5. The number of hydrogen-bond donors (Lipinski definition) is 1. The van der Waals surface area contributed by atoms with Gasteiger partial charge in [-0.3, -0.25) is 0 Å². The fraction of sp³-hybridized carbons (Fsp3) is 0.533. The van der Waals surface area contributed by atoms with Crippen molar-refractivity contribution in [2.45, 2.75) is 19.8 Å². The van der Waals surface area contributed by atoms with Crippen LogP contribution in [0, 0.1) is 5.92 Å². The van der Waals surface area contributed by atoms with Crippen molar-refractivity contribution in [3.8, 4) is 0 Å². The van der Waals surface area contributed by atoms with Crippen molar-refractivity contribution >= 4 is 23.3 Å². The van der Waals surface area contributed by atoms with E-state index in [-0.39, 0.29) is 6.03 Å². The monoisotopic (exact) mass is 296 g/mol. The molecule has 0 aromatic heterocycles. The molecule has 4 nitrogen and oxygen atoms in total. The van der Waals surface area contributed by atoms with E-state index in [0.717, 1.165) is 44.8 Å². The predicted octanol–water partition coefficient (Wildman–Crippen LogP) is 3.62. The Morgan fingerprint density at radius 1 is 1.45 bits per heavy atom. The van der Waals surface area contributed by atoms with Crippen LogP contribution in [-0.4, -0.2) is 37.2 Å². The summed E-state index contributed by atoms with van der Waals surface area (Å²) in [6.45, 7) is 5.16. The lowest BCUT2D eigenvalue weighted by molar-refractivity contribution is 0.169. The summed E-state index contributed by atoms with van der Waals surface area (Å²) < 4.78 is 5.37. The van der Waals surface area contributed by atoms with E-state index in [1.165, 1.54) is 0 Å². The summed E-state index contributed by atoms with van der Waals surface area (Å²) in [5.41, 5.74) is 0.767. The summed E-state index contributed by atoms with van der Waals surface area (Å²) in [5, 5.41) is 3.58. The molecule has 1 aromatic carbocycles. The third kappa shape index (κ3) is 4.39. The lowest BCUT2D eigenvalue weighted by atomic mass is 10.1. The van der Waals surface area contributed by atoms with Crippen LogP contribution in [0.1, 0.15) is 19.8 Å². The first-order valence-electron chi connectivity index (χ1n) is 7.08. The quantitative estimate of drug-likeness (QED) is 0.901. The van der Waals surface area contributed by atoms with E-state index < -0.39 is 0 Å². The number of urea groups is 1. The zero-order chi connectivity index (χ0) is 14.4. The molecule has 0 aliphatic carbocycles. The van der Waals surface area contributed by atoms with Crippen molar-refractivity contribution in [2.24, 2.45) is 5.92 Å². The van der Waals surface area contributed by atoms with Crippen LogP contribution in [0.3, 0.4) is 0 Å². The molecule has 2 amide bonds. The third-order valence-corrected chi connectivity index (χ3v) is 3.63. The van der Waals surface area contributed by atoms with Crippen molar-refractivity contribution in [3.63, 3.8) is 0 Å². The number of halogens is 1. The number of anilines is 1. The average Bonchev–Trinajstić information content (AvgIpc) is 2.94. The summed E-state index contributed by atoms with van der Waals surface area (Å²) >= 11 is 5.84. The molecule has 1 fully saturated rings. The molecule has 1 aromatic rings. The number of amides is 2. The fourth-order valence-corrected chi connectivity index (χ4v) is 2.45. The number of carbonyl (C=O) groups is 1. The van der Waals surface area contributed by atoms with Gasteiger partial charge in [0.25, 0.3) is 0 Å². The molecule has 1 saturated heterocycles. The Bertz CT molecular complexity index is 430. The third-order valence-electron chi connectivity index (χ3n) is 3.38. The maximum absolute atomic E-state index is 12.3. The molecule has 1 atom stereocenters. The highest BCUT2D eigenvalue weighted by Gasteiger charge is 2.22. The molecule has 1 heterocycles. The minimum absolute atomic E-state index is 0.0546. The SMILES string of the molecule is CCCN(CC1CCOC1)C(=O)Nc1ccc(Cl)cc1. The highest BCUT2D eigenvalue weighted by Crippen LogP contribution is 2.17. The van der Waals surface area contributed by atoms with Gasteiger partial charge in [-0.25, -0.2) is 4.79 Å². The van der Waals surface area contributed by atoms with Crippen LogP contribution < -0.4 is 5.32 Å². The maximum atomic E-state index is 12.3. The second kappa shape index (κ2) is 7.50. The molecule has 2 rings (SSSR count). The predicted molar refractivity (Wildman–Crippen MR) is 81.3 cm³/mol. The van der Waals surface area contributed by atoms with Gasteiger partial charge in [0, 0.05) is 36.3 Å². The Balaban J connectivity index is 1.93. The van der Waals surface area contributed by atoms with Crippen LogP contribution in [0.25, 0.3) is 0 Å². The smallest absolute Gasteiger partial charge is 0.321 e. The molecule has 1 N–H and O–H groups in total. The molecule has 1 unspecified atom stereocenters. The van der Waals surface area contributed by atoms with Gasteiger partial charge in [-0.1, -0.05) is 18.5 Å². The van der Waals surface area contributed by atoms with Crippen LogP contribution in [-0.2, 0) is 4.74 Å². The largest absolute Gasteiger partial charge is 0.381 e. The van der Waals surface area contributed by atoms with Crippen molar-refractivity contribution in [1.29, 1.82) is 0 Å². The van der Waals surface area contributed by atoms with E-state index in [0.29, 0.717) is 10.9 Å². The summed E-state index contributed by atoms with van der Waals surface area (Å²) in [7, 11) is 0. The van der Waals surface area contributed by atoms with Crippen LogP contribution in [0.2, 0.25) is 5.02 Å². The molecule has 5 heteroatoms. The van der Waals surface area contributed by atoms with E-state index in [4.69, 9.17) is 16.3 Å². The topological polar surface area (TPSA) is 41.6 Å². The number of benzene rings is 1. The van der Waals surface area contributed by atoms with Gasteiger partial charge in [-0.2, -0.15) is 0 Å². The van der Waals surface area contributed by atoms with E-state index in [9.17, 15) is 4.79 Å². The van der Waals surface area contributed by atoms with E-state index >= 15 is 0 Å². The first-order chi connectivity index (χ1) is 9.69. The Morgan fingerprint density at radius 2 is 2.20 bits per heavy atom. The van der Waals surface area contributed by atoms with Crippen molar-refractivity contribution in [2.75, 3.05) is 31.6 Å². The van der Waals surface area contributed by atoms with Gasteiger partial charge in [-0.05, 0) is 37.1 Å². The first-order valence-corrected chi connectivity index (χ1v) is 7.46. The lowest BCUT2D eigenvalue weighted by Crippen LogP contribution is -2.39. The van der Waals surface area contributed by atoms with Gasteiger partial charge in [0.15, 0.2) is 0 Å². The second-order valence-electron chi connectivity index (χ2n) is 5.11. The molecule has 0 radical (unpaired) electrons. The Hall–Kier alpha value is -1.26. The normalized spacial score (nSPS) is 18.0. The van der Waals surface area contributed by atoms with Crippen LogP contribution >= 0.6 is 11.6 Å². The molecule has 0 saturated carbocycles. The molecular weight excluding hydrogens is 276 g/mol. The van der Waals surface area contributed by atoms with Gasteiger partial charge >= 0.3 is 6.03 Å². The summed E-state index contributed by atoms with van der Waals surface area (Å²) in [5.74, 6) is 0.456. The van der Waals surface area contributed by atoms with E-state index in [1.54, 1.807) is 12.1 Å². The highest BCUT2D eigenvalue weighted by atomic mass is 35.5. The Morgan fingerprint density at radius 3 is 2.80 bits per heavy atom. The van der Waals surface area contributed by atoms with Gasteiger partial charge in [0.2, 0.25) is 0 Å². The second-order valence-corrected chi connectivity index (χ2v) is 5.55. The van der Waals surface area contributed by atoms with Crippen molar-refractivity contribution in [3.05, 3.63) is 29.3 Å². The molecule has 1 aliphatic heterocycles. The Kier molecular flexibility index (Phi) is 5.68. The summed E-state index contributed by atoms with van der Waals surface area (Å²) in [6.07, 6.45) is 1.98. The van der Waals surface area contributed by atoms with Crippen LogP contribution in [0.5, 0.6) is 0 Å². The van der Waals surface area contributed by atoms with E-state index in [1.807, 2.05) is 17.0 Å². The minimum atomic E-state index is -0.0546. The average molecular weight is 297 g/mol. The molecule has 110 valence electrons. The zero-order valence-electron chi connectivity index (χ0n) is 11.8. The number of carbonyl (C=O) groups excluding carboxylic acids is 1. The number of ether oxygens (including phenoxy) is 1. The summed E-state index contributed by atoms with van der Waals surface area (Å²) in [6, 6.07) is 7.10. The number of rotatable bonds is 5.